The Morgan fingerprint density at radius 3 is 2.62 bits per heavy atom. The fourth-order valence-electron chi connectivity index (χ4n) is 2.77. The summed E-state index contributed by atoms with van der Waals surface area (Å²) in [5, 5.41) is 8.04. The fourth-order valence-corrected chi connectivity index (χ4v) is 3.65. The number of fused-ring (bicyclic) bond motifs is 1. The van der Waals surface area contributed by atoms with Gasteiger partial charge in [0.05, 0.1) is 0 Å². The summed E-state index contributed by atoms with van der Waals surface area (Å²) in [6.07, 6.45) is 1.11. The summed E-state index contributed by atoms with van der Waals surface area (Å²) in [5.74, 6) is 0.416. The van der Waals surface area contributed by atoms with E-state index < -0.39 is 0 Å². The van der Waals surface area contributed by atoms with Crippen LogP contribution in [0.15, 0.2) is 35.7 Å². The maximum atomic E-state index is 12.0. The van der Waals surface area contributed by atoms with Crippen molar-refractivity contribution in [1.82, 2.24) is 5.32 Å². The molecule has 1 aliphatic heterocycles. The van der Waals surface area contributed by atoms with E-state index in [0.29, 0.717) is 5.92 Å². The van der Waals surface area contributed by atoms with Gasteiger partial charge in [-0.3, -0.25) is 0 Å². The summed E-state index contributed by atoms with van der Waals surface area (Å²) < 4.78 is 0. The third-order valence-corrected chi connectivity index (χ3v) is 5.68. The largest absolute Gasteiger partial charge is 0.367 e. The number of nitrogens with zero attached hydrogens (tertiary/aromatic N) is 1. The number of rotatable bonds is 4. The summed E-state index contributed by atoms with van der Waals surface area (Å²) >= 11 is 1.86. The molecule has 5 heteroatoms. The highest BCUT2D eigenvalue weighted by Gasteiger charge is 2.17. The van der Waals surface area contributed by atoms with Gasteiger partial charge in [-0.25, -0.2) is 4.79 Å². The van der Waals surface area contributed by atoms with E-state index in [4.69, 9.17) is 0 Å². The zero-order valence-corrected chi connectivity index (χ0v) is 15.3. The van der Waals surface area contributed by atoms with Crippen LogP contribution >= 0.6 is 11.3 Å². The maximum Gasteiger partial charge on any atom is 0.319 e. The zero-order chi connectivity index (χ0) is 17.1. The molecular weight excluding hydrogens is 318 g/mol. The third kappa shape index (κ3) is 3.90. The van der Waals surface area contributed by atoms with E-state index in [2.05, 4.69) is 53.0 Å². The van der Waals surface area contributed by atoms with Crippen molar-refractivity contribution in [2.45, 2.75) is 39.8 Å². The Morgan fingerprint density at radius 1 is 1.17 bits per heavy atom. The van der Waals surface area contributed by atoms with Gasteiger partial charge in [0.1, 0.15) is 0 Å². The van der Waals surface area contributed by atoms with Gasteiger partial charge in [-0.1, -0.05) is 13.8 Å². The number of anilines is 2. The van der Waals surface area contributed by atoms with Crippen LogP contribution in [0.1, 0.15) is 31.2 Å². The number of thiophene rings is 1. The van der Waals surface area contributed by atoms with Gasteiger partial charge < -0.3 is 15.5 Å². The van der Waals surface area contributed by atoms with Crippen molar-refractivity contribution in [1.29, 1.82) is 0 Å². The summed E-state index contributed by atoms with van der Waals surface area (Å²) in [6, 6.07) is 10.3. The molecule has 0 radical (unpaired) electrons. The molecule has 1 aliphatic rings. The van der Waals surface area contributed by atoms with Gasteiger partial charge in [0.25, 0.3) is 0 Å². The first-order valence-electron chi connectivity index (χ1n) is 8.50. The highest BCUT2D eigenvalue weighted by Crippen LogP contribution is 2.28. The average Bonchev–Trinajstić information content (AvgIpc) is 3.02. The Kier molecular flexibility index (Phi) is 5.09. The van der Waals surface area contributed by atoms with Gasteiger partial charge in [0, 0.05) is 35.4 Å². The maximum absolute atomic E-state index is 12.0. The van der Waals surface area contributed by atoms with Crippen molar-refractivity contribution in [2.24, 2.45) is 5.92 Å². The molecule has 2 N–H and O–H groups in total. The molecule has 0 aliphatic carbocycles. The fraction of sp³-hybridized carbons (Fsp3) is 0.421. The number of carbonyl (C=O) groups is 1. The van der Waals surface area contributed by atoms with Crippen molar-refractivity contribution in [2.75, 3.05) is 16.8 Å². The van der Waals surface area contributed by atoms with Gasteiger partial charge >= 0.3 is 6.03 Å². The molecule has 128 valence electrons. The predicted molar refractivity (Wildman–Crippen MR) is 102 cm³/mol. The summed E-state index contributed by atoms with van der Waals surface area (Å²) in [6.45, 7) is 8.22. The molecule has 2 aromatic rings. The van der Waals surface area contributed by atoms with Gasteiger partial charge in [-0.05, 0) is 60.5 Å². The van der Waals surface area contributed by atoms with E-state index in [1.165, 1.54) is 16.1 Å². The molecule has 1 aromatic heterocycles. The molecule has 2 heterocycles. The van der Waals surface area contributed by atoms with Gasteiger partial charge in [0.15, 0.2) is 0 Å². The molecular formula is C19H25N3OS. The number of nitrogens with one attached hydrogen (secondary N) is 2. The predicted octanol–water partition coefficient (Wildman–Crippen LogP) is 4.48. The van der Waals surface area contributed by atoms with Crippen LogP contribution in [0, 0.1) is 5.92 Å². The average molecular weight is 343 g/mol. The Bertz CT molecular complexity index is 693. The smallest absolute Gasteiger partial charge is 0.319 e. The standard InChI is InChI=1S/C19H25N3OS/c1-13(2)14(3)20-19(23)21-16-4-6-17(7-5-16)22-10-8-18-15(12-22)9-11-24-18/h4-7,9,11,13-14H,8,10,12H2,1-3H3,(H2,20,21,23). The first-order chi connectivity index (χ1) is 11.5. The molecule has 4 nitrogen and oxygen atoms in total. The van der Waals surface area contributed by atoms with Gasteiger partial charge in [-0.15, -0.1) is 11.3 Å². The minimum Gasteiger partial charge on any atom is -0.367 e. The van der Waals surface area contributed by atoms with Crippen LogP contribution in [0.2, 0.25) is 0 Å². The Balaban J connectivity index is 1.59. The monoisotopic (exact) mass is 343 g/mol. The lowest BCUT2D eigenvalue weighted by atomic mass is 10.1. The van der Waals surface area contributed by atoms with E-state index in [0.717, 1.165) is 25.2 Å². The molecule has 2 amide bonds. The molecule has 0 saturated heterocycles. The highest BCUT2D eigenvalue weighted by atomic mass is 32.1. The van der Waals surface area contributed by atoms with E-state index >= 15 is 0 Å². The highest BCUT2D eigenvalue weighted by molar-refractivity contribution is 7.10. The summed E-state index contributed by atoms with van der Waals surface area (Å²) in [7, 11) is 0. The SMILES string of the molecule is CC(C)C(C)NC(=O)Nc1ccc(N2CCc3sccc3C2)cc1. The second-order valence-electron chi connectivity index (χ2n) is 6.72. The first-order valence-corrected chi connectivity index (χ1v) is 9.38. The topological polar surface area (TPSA) is 44.4 Å². The molecule has 3 rings (SSSR count). The second kappa shape index (κ2) is 7.26. The lowest BCUT2D eigenvalue weighted by Crippen LogP contribution is -2.39. The van der Waals surface area contributed by atoms with Crippen molar-refractivity contribution >= 4 is 28.7 Å². The molecule has 24 heavy (non-hydrogen) atoms. The Hall–Kier alpha value is -2.01. The van der Waals surface area contributed by atoms with Crippen molar-refractivity contribution < 1.29 is 4.79 Å². The van der Waals surface area contributed by atoms with Crippen LogP contribution in [0.3, 0.4) is 0 Å². The van der Waals surface area contributed by atoms with E-state index in [9.17, 15) is 4.79 Å². The van der Waals surface area contributed by atoms with Crippen molar-refractivity contribution in [3.63, 3.8) is 0 Å². The van der Waals surface area contributed by atoms with Crippen LogP contribution in [-0.2, 0) is 13.0 Å². The zero-order valence-electron chi connectivity index (χ0n) is 14.5. The minimum atomic E-state index is -0.148. The molecule has 1 unspecified atom stereocenters. The second-order valence-corrected chi connectivity index (χ2v) is 7.72. The molecule has 1 aromatic carbocycles. The van der Waals surface area contributed by atoms with Crippen LogP contribution in [0.25, 0.3) is 0 Å². The number of amides is 2. The lowest BCUT2D eigenvalue weighted by Gasteiger charge is -2.29. The Labute approximate surface area is 147 Å². The molecule has 0 saturated carbocycles. The number of urea groups is 1. The number of hydrogen-bond donors (Lipinski definition) is 2. The van der Waals surface area contributed by atoms with Crippen LogP contribution in [-0.4, -0.2) is 18.6 Å². The number of hydrogen-bond acceptors (Lipinski definition) is 3. The van der Waals surface area contributed by atoms with Crippen molar-refractivity contribution in [3.05, 3.63) is 46.2 Å². The quantitative estimate of drug-likeness (QED) is 0.860. The molecule has 1 atom stereocenters. The number of benzene rings is 1. The Morgan fingerprint density at radius 2 is 1.92 bits per heavy atom. The van der Waals surface area contributed by atoms with Crippen molar-refractivity contribution in [3.8, 4) is 0 Å². The molecule has 0 spiro atoms. The van der Waals surface area contributed by atoms with Gasteiger partial charge in [-0.2, -0.15) is 0 Å². The van der Waals surface area contributed by atoms with Gasteiger partial charge in [0.2, 0.25) is 0 Å². The van der Waals surface area contributed by atoms with Crippen LogP contribution in [0.4, 0.5) is 16.2 Å². The normalized spacial score (nSPS) is 15.1. The van der Waals surface area contributed by atoms with Crippen LogP contribution < -0.4 is 15.5 Å². The first kappa shape index (κ1) is 16.8. The van der Waals surface area contributed by atoms with E-state index in [1.54, 1.807) is 0 Å². The minimum absolute atomic E-state index is 0.148. The molecule has 0 bridgehead atoms. The third-order valence-electron chi connectivity index (χ3n) is 4.66. The van der Waals surface area contributed by atoms with Crippen LogP contribution in [0.5, 0.6) is 0 Å². The molecule has 0 fully saturated rings. The summed E-state index contributed by atoms with van der Waals surface area (Å²) in [5.41, 5.74) is 3.46. The van der Waals surface area contributed by atoms with E-state index in [-0.39, 0.29) is 12.1 Å². The number of carbonyl (C=O) groups excluding carboxylic acids is 1. The van der Waals surface area contributed by atoms with E-state index in [1.807, 2.05) is 30.4 Å². The summed E-state index contributed by atoms with van der Waals surface area (Å²) in [4.78, 5) is 15.9. The lowest BCUT2D eigenvalue weighted by molar-refractivity contribution is 0.246.